The molecule has 1 atom stereocenters. The molecule has 3 heteroatoms. The Bertz CT molecular complexity index is 153. The van der Waals surface area contributed by atoms with Gasteiger partial charge >= 0.3 is 0 Å². The van der Waals surface area contributed by atoms with Crippen LogP contribution in [0.5, 0.6) is 0 Å². The Hall–Kier alpha value is -0.570. The van der Waals surface area contributed by atoms with E-state index in [1.54, 1.807) is 0 Å². The number of amides is 1. The summed E-state index contributed by atoms with van der Waals surface area (Å²) in [7, 11) is 0. The molecule has 3 nitrogen and oxygen atoms in total. The van der Waals surface area contributed by atoms with Crippen LogP contribution < -0.4 is 11.5 Å². The van der Waals surface area contributed by atoms with E-state index >= 15 is 0 Å². The second kappa shape index (κ2) is 4.45. The summed E-state index contributed by atoms with van der Waals surface area (Å²) in [6.07, 6.45) is 7.14. The average Bonchev–Trinajstić information content (AvgIpc) is 2.06. The summed E-state index contributed by atoms with van der Waals surface area (Å²) in [5.74, 6) is 0.279. The van der Waals surface area contributed by atoms with E-state index in [1.165, 1.54) is 32.1 Å². The van der Waals surface area contributed by atoms with Crippen molar-refractivity contribution in [2.75, 3.05) is 0 Å². The molecule has 12 heavy (non-hydrogen) atoms. The van der Waals surface area contributed by atoms with Crippen molar-refractivity contribution in [2.45, 2.75) is 44.6 Å². The standard InChI is InChI=1S/C9H18N2O/c10-8(9(11)12)6-7-4-2-1-3-5-7/h7-8H,1-6,10H2,(H2,11,12)/t8-/m0/s1. The minimum Gasteiger partial charge on any atom is -0.368 e. The van der Waals surface area contributed by atoms with Gasteiger partial charge < -0.3 is 11.5 Å². The van der Waals surface area contributed by atoms with Crippen LogP contribution in [0.15, 0.2) is 0 Å². The molecule has 0 saturated heterocycles. The summed E-state index contributed by atoms with van der Waals surface area (Å²) in [5.41, 5.74) is 10.7. The highest BCUT2D eigenvalue weighted by atomic mass is 16.1. The molecule has 0 aromatic rings. The Labute approximate surface area is 73.5 Å². The average molecular weight is 170 g/mol. The fraction of sp³-hybridized carbons (Fsp3) is 0.889. The van der Waals surface area contributed by atoms with Gasteiger partial charge in [-0.05, 0) is 12.3 Å². The number of hydrogen-bond acceptors (Lipinski definition) is 2. The molecule has 1 aliphatic rings. The van der Waals surface area contributed by atoms with Crippen molar-refractivity contribution in [1.82, 2.24) is 0 Å². The van der Waals surface area contributed by atoms with Crippen molar-refractivity contribution in [3.63, 3.8) is 0 Å². The second-order valence-electron chi connectivity index (χ2n) is 3.75. The Morgan fingerprint density at radius 2 is 1.92 bits per heavy atom. The van der Waals surface area contributed by atoms with Gasteiger partial charge in [-0.3, -0.25) is 4.79 Å². The Morgan fingerprint density at radius 1 is 1.33 bits per heavy atom. The van der Waals surface area contributed by atoms with Crippen LogP contribution in [0.3, 0.4) is 0 Å². The van der Waals surface area contributed by atoms with Gasteiger partial charge in [-0.1, -0.05) is 32.1 Å². The summed E-state index contributed by atoms with van der Waals surface area (Å²) in [6.45, 7) is 0. The predicted molar refractivity (Wildman–Crippen MR) is 48.4 cm³/mol. The van der Waals surface area contributed by atoms with Crippen molar-refractivity contribution in [2.24, 2.45) is 17.4 Å². The molecule has 0 heterocycles. The van der Waals surface area contributed by atoms with E-state index in [4.69, 9.17) is 11.5 Å². The maximum absolute atomic E-state index is 10.7. The fourth-order valence-electron chi connectivity index (χ4n) is 1.90. The normalized spacial score (nSPS) is 22.1. The Kier molecular flexibility index (Phi) is 3.53. The van der Waals surface area contributed by atoms with Gasteiger partial charge in [0.1, 0.15) is 0 Å². The maximum atomic E-state index is 10.7. The van der Waals surface area contributed by atoms with Crippen LogP contribution in [0.25, 0.3) is 0 Å². The minimum atomic E-state index is -0.423. The zero-order chi connectivity index (χ0) is 8.97. The molecule has 1 fully saturated rings. The van der Waals surface area contributed by atoms with Gasteiger partial charge in [0.25, 0.3) is 0 Å². The third-order valence-electron chi connectivity index (χ3n) is 2.68. The highest BCUT2D eigenvalue weighted by Gasteiger charge is 2.19. The Morgan fingerprint density at radius 3 is 2.42 bits per heavy atom. The monoisotopic (exact) mass is 170 g/mol. The highest BCUT2D eigenvalue weighted by Crippen LogP contribution is 2.26. The molecule has 1 saturated carbocycles. The topological polar surface area (TPSA) is 69.1 Å². The number of carbonyl (C=O) groups excluding carboxylic acids is 1. The van der Waals surface area contributed by atoms with E-state index in [0.717, 1.165) is 6.42 Å². The van der Waals surface area contributed by atoms with Gasteiger partial charge in [0.05, 0.1) is 6.04 Å². The van der Waals surface area contributed by atoms with Crippen molar-refractivity contribution >= 4 is 5.91 Å². The number of hydrogen-bond donors (Lipinski definition) is 2. The van der Waals surface area contributed by atoms with Crippen LogP contribution in [0, 0.1) is 5.92 Å². The quantitative estimate of drug-likeness (QED) is 0.656. The third-order valence-corrected chi connectivity index (χ3v) is 2.68. The van der Waals surface area contributed by atoms with E-state index in [1.807, 2.05) is 0 Å². The van der Waals surface area contributed by atoms with Gasteiger partial charge in [0.15, 0.2) is 0 Å². The summed E-state index contributed by atoms with van der Waals surface area (Å²) in [4.78, 5) is 10.7. The van der Waals surface area contributed by atoms with Crippen molar-refractivity contribution < 1.29 is 4.79 Å². The summed E-state index contributed by atoms with van der Waals surface area (Å²) >= 11 is 0. The highest BCUT2D eigenvalue weighted by molar-refractivity contribution is 5.79. The molecule has 4 N–H and O–H groups in total. The Balaban J connectivity index is 2.24. The molecule has 0 spiro atoms. The van der Waals surface area contributed by atoms with Gasteiger partial charge in [-0.25, -0.2) is 0 Å². The van der Waals surface area contributed by atoms with E-state index in [2.05, 4.69) is 0 Å². The van der Waals surface area contributed by atoms with Crippen LogP contribution in [-0.2, 0) is 4.79 Å². The number of nitrogens with two attached hydrogens (primary N) is 2. The molecule has 70 valence electrons. The predicted octanol–water partition coefficient (Wildman–Crippen LogP) is 0.769. The number of primary amides is 1. The van der Waals surface area contributed by atoms with Gasteiger partial charge in [-0.2, -0.15) is 0 Å². The number of rotatable bonds is 3. The molecule has 0 aromatic heterocycles. The second-order valence-corrected chi connectivity index (χ2v) is 3.75. The summed E-state index contributed by atoms with van der Waals surface area (Å²) in [5, 5.41) is 0. The lowest BCUT2D eigenvalue weighted by molar-refractivity contribution is -0.119. The maximum Gasteiger partial charge on any atom is 0.234 e. The van der Waals surface area contributed by atoms with Crippen molar-refractivity contribution in [3.8, 4) is 0 Å². The van der Waals surface area contributed by atoms with Gasteiger partial charge in [0, 0.05) is 0 Å². The molecule has 0 unspecified atom stereocenters. The van der Waals surface area contributed by atoms with E-state index in [-0.39, 0.29) is 5.91 Å². The minimum absolute atomic E-state index is 0.361. The van der Waals surface area contributed by atoms with Gasteiger partial charge in [0.2, 0.25) is 5.91 Å². The molecule has 0 aromatic carbocycles. The van der Waals surface area contributed by atoms with Crippen LogP contribution >= 0.6 is 0 Å². The molecule has 0 bridgehead atoms. The SMILES string of the molecule is NC(=O)[C@@H](N)CC1CCCCC1. The largest absolute Gasteiger partial charge is 0.368 e. The van der Waals surface area contributed by atoms with Gasteiger partial charge in [-0.15, -0.1) is 0 Å². The third kappa shape index (κ3) is 2.81. The van der Waals surface area contributed by atoms with E-state index in [9.17, 15) is 4.79 Å². The molecule has 1 rings (SSSR count). The zero-order valence-corrected chi connectivity index (χ0v) is 7.46. The van der Waals surface area contributed by atoms with Crippen molar-refractivity contribution in [3.05, 3.63) is 0 Å². The molecule has 1 amide bonds. The molecule has 1 aliphatic carbocycles. The zero-order valence-electron chi connectivity index (χ0n) is 7.46. The first-order chi connectivity index (χ1) is 5.70. The lowest BCUT2D eigenvalue weighted by Crippen LogP contribution is -2.38. The van der Waals surface area contributed by atoms with Crippen LogP contribution in [-0.4, -0.2) is 11.9 Å². The lowest BCUT2D eigenvalue weighted by Gasteiger charge is -2.23. The van der Waals surface area contributed by atoms with E-state index < -0.39 is 6.04 Å². The first kappa shape index (κ1) is 9.52. The molecular weight excluding hydrogens is 152 g/mol. The first-order valence-corrected chi connectivity index (χ1v) is 4.75. The number of carbonyl (C=O) groups is 1. The van der Waals surface area contributed by atoms with Crippen LogP contribution in [0.1, 0.15) is 38.5 Å². The molecular formula is C9H18N2O. The van der Waals surface area contributed by atoms with Crippen LogP contribution in [0.4, 0.5) is 0 Å². The lowest BCUT2D eigenvalue weighted by atomic mass is 9.85. The van der Waals surface area contributed by atoms with Crippen molar-refractivity contribution in [1.29, 1.82) is 0 Å². The smallest absolute Gasteiger partial charge is 0.234 e. The van der Waals surface area contributed by atoms with Crippen LogP contribution in [0.2, 0.25) is 0 Å². The van der Waals surface area contributed by atoms with E-state index in [0.29, 0.717) is 5.92 Å². The molecule has 0 aliphatic heterocycles. The first-order valence-electron chi connectivity index (χ1n) is 4.75. The summed E-state index contributed by atoms with van der Waals surface area (Å²) < 4.78 is 0. The fourth-order valence-corrected chi connectivity index (χ4v) is 1.90. The molecule has 0 radical (unpaired) electrons. The summed E-state index contributed by atoms with van der Waals surface area (Å²) in [6, 6.07) is -0.423.